The molecule has 7 aliphatic rings. The topological polar surface area (TPSA) is 90.2 Å². The highest BCUT2D eigenvalue weighted by molar-refractivity contribution is 5.92. The summed E-state index contributed by atoms with van der Waals surface area (Å²) in [7, 11) is 0. The molecule has 2 saturated carbocycles. The van der Waals surface area contributed by atoms with Crippen LogP contribution in [0.5, 0.6) is 0 Å². The zero-order valence-corrected chi connectivity index (χ0v) is 20.0. The van der Waals surface area contributed by atoms with E-state index in [0.717, 1.165) is 43.3 Å². The van der Waals surface area contributed by atoms with E-state index in [9.17, 15) is 9.59 Å². The van der Waals surface area contributed by atoms with Gasteiger partial charge in [-0.3, -0.25) is 4.79 Å². The third-order valence-corrected chi connectivity index (χ3v) is 10.3. The fraction of sp³-hybridized carbons (Fsp3) is 0.846. The van der Waals surface area contributed by atoms with Crippen LogP contribution in [0.25, 0.3) is 0 Å². The number of fused-ring (bicyclic) bond motifs is 4. The average molecular weight is 459 g/mol. The van der Waals surface area contributed by atoms with Crippen LogP contribution in [0.3, 0.4) is 0 Å². The highest BCUT2D eigenvalue weighted by Crippen LogP contribution is 2.83. The van der Waals surface area contributed by atoms with Crippen molar-refractivity contribution in [3.8, 4) is 0 Å². The molecule has 3 saturated heterocycles. The van der Waals surface area contributed by atoms with Crippen molar-refractivity contribution in [1.29, 1.82) is 0 Å². The second-order valence-electron chi connectivity index (χ2n) is 11.8. The van der Waals surface area contributed by atoms with Crippen molar-refractivity contribution in [3.05, 3.63) is 11.1 Å². The summed E-state index contributed by atoms with van der Waals surface area (Å²) in [6.07, 6.45) is 5.08. The summed E-state index contributed by atoms with van der Waals surface area (Å²) < 4.78 is 31.6. The summed E-state index contributed by atoms with van der Waals surface area (Å²) >= 11 is 0. The molecular weight excluding hydrogens is 424 g/mol. The lowest BCUT2D eigenvalue weighted by molar-refractivity contribution is -0.169. The van der Waals surface area contributed by atoms with Gasteiger partial charge in [0.25, 0.3) is 0 Å². The highest BCUT2D eigenvalue weighted by atomic mass is 16.8. The van der Waals surface area contributed by atoms with Crippen LogP contribution < -0.4 is 0 Å². The maximum atomic E-state index is 13.0. The lowest BCUT2D eigenvalue weighted by Crippen LogP contribution is -2.70. The first-order valence-electron chi connectivity index (χ1n) is 12.9. The molecule has 7 nitrogen and oxygen atoms in total. The number of esters is 2. The summed E-state index contributed by atoms with van der Waals surface area (Å²) in [5.41, 5.74) is 0.0852. The first-order valence-corrected chi connectivity index (χ1v) is 12.9. The van der Waals surface area contributed by atoms with E-state index in [-0.39, 0.29) is 47.5 Å². The van der Waals surface area contributed by atoms with Crippen molar-refractivity contribution in [2.75, 3.05) is 6.61 Å². The average Bonchev–Trinajstić information content (AvgIpc) is 3.67. The third kappa shape index (κ3) is 2.15. The maximum absolute atomic E-state index is 13.0. The summed E-state index contributed by atoms with van der Waals surface area (Å²) in [5, 5.41) is 0. The number of carbonyl (C=O) groups excluding carboxylic acids is 2. The van der Waals surface area contributed by atoms with E-state index < -0.39 is 22.9 Å². The third-order valence-electron chi connectivity index (χ3n) is 10.3. The molecule has 7 rings (SSSR count). The van der Waals surface area contributed by atoms with Crippen molar-refractivity contribution < 1.29 is 33.3 Å². The van der Waals surface area contributed by atoms with Gasteiger partial charge in [-0.15, -0.1) is 0 Å². The van der Waals surface area contributed by atoms with Crippen LogP contribution in [-0.4, -0.2) is 59.8 Å². The van der Waals surface area contributed by atoms with Crippen LogP contribution in [0.1, 0.15) is 72.6 Å². The normalized spacial score (nSPS) is 52.0. The maximum Gasteiger partial charge on any atom is 0.334 e. The van der Waals surface area contributed by atoms with Gasteiger partial charge in [0.15, 0.2) is 11.7 Å². The molecule has 0 radical (unpaired) electrons. The van der Waals surface area contributed by atoms with Crippen LogP contribution in [0.2, 0.25) is 0 Å². The summed E-state index contributed by atoms with van der Waals surface area (Å²) in [4.78, 5) is 25.3. The van der Waals surface area contributed by atoms with Gasteiger partial charge in [-0.2, -0.15) is 0 Å². The zero-order valence-electron chi connectivity index (χ0n) is 20.0. The van der Waals surface area contributed by atoms with Crippen LogP contribution >= 0.6 is 0 Å². The molecule has 180 valence electrons. The van der Waals surface area contributed by atoms with Crippen molar-refractivity contribution in [1.82, 2.24) is 0 Å². The number of ether oxygens (including phenoxy) is 5. The van der Waals surface area contributed by atoms with Gasteiger partial charge < -0.3 is 23.7 Å². The van der Waals surface area contributed by atoms with Crippen molar-refractivity contribution in [3.63, 3.8) is 0 Å². The SMILES string of the molecule is CCCCCC(=O)O[C@@H]1[C@@]2(C(C)C)O[C@H]2[C@@H]2O[C@]23[C@]12O[C@H]2CC1C2=C(CC[C@@]13C)C(=O)OC2. The predicted octanol–water partition coefficient (Wildman–Crippen LogP) is 3.23. The molecule has 3 aliphatic carbocycles. The molecule has 33 heavy (non-hydrogen) atoms. The van der Waals surface area contributed by atoms with E-state index in [2.05, 4.69) is 27.7 Å². The number of hydrogen-bond acceptors (Lipinski definition) is 7. The fourth-order valence-corrected chi connectivity index (χ4v) is 8.55. The van der Waals surface area contributed by atoms with Gasteiger partial charge in [-0.25, -0.2) is 4.79 Å². The molecular formula is C26H34O7. The number of cyclic esters (lactones) is 1. The van der Waals surface area contributed by atoms with E-state index in [0.29, 0.717) is 19.4 Å². The van der Waals surface area contributed by atoms with Crippen molar-refractivity contribution in [2.24, 2.45) is 17.3 Å². The predicted molar refractivity (Wildman–Crippen MR) is 115 cm³/mol. The molecule has 2 spiro atoms. The van der Waals surface area contributed by atoms with E-state index in [1.165, 1.54) is 0 Å². The van der Waals surface area contributed by atoms with Gasteiger partial charge in [-0.05, 0) is 43.1 Å². The van der Waals surface area contributed by atoms with Crippen LogP contribution in [0.4, 0.5) is 0 Å². The Balaban J connectivity index is 1.28. The Morgan fingerprint density at radius 2 is 2.00 bits per heavy atom. The molecule has 5 fully saturated rings. The van der Waals surface area contributed by atoms with Gasteiger partial charge in [0.05, 0.1) is 6.10 Å². The standard InChI is InChI=1S/C26H34O7/c1-5-6-7-8-18(27)30-22-24(13(2)3)19(32-24)20-26(33-20)23(4)10-9-14-15(12-29-21(14)28)16(23)11-17-25(22,26)31-17/h13,16-17,19-20,22H,5-12H2,1-4H3/t16?,17-,19-,20-,22+,23-,24-,25+,26+/m0/s1. The van der Waals surface area contributed by atoms with Crippen LogP contribution in [0, 0.1) is 17.3 Å². The Kier molecular flexibility index (Phi) is 3.93. The van der Waals surface area contributed by atoms with E-state index in [4.69, 9.17) is 23.7 Å². The van der Waals surface area contributed by atoms with Gasteiger partial charge in [0.2, 0.25) is 0 Å². The van der Waals surface area contributed by atoms with Crippen molar-refractivity contribution in [2.45, 2.75) is 114 Å². The number of carbonyl (C=O) groups is 2. The smallest absolute Gasteiger partial charge is 0.334 e. The minimum atomic E-state index is -0.651. The van der Waals surface area contributed by atoms with E-state index >= 15 is 0 Å². The molecule has 7 heteroatoms. The van der Waals surface area contributed by atoms with Crippen LogP contribution in [-0.2, 0) is 33.3 Å². The molecule has 0 aromatic rings. The lowest BCUT2D eigenvalue weighted by Gasteiger charge is -2.53. The Bertz CT molecular complexity index is 987. The number of unbranched alkanes of at least 4 members (excludes halogenated alkanes) is 2. The van der Waals surface area contributed by atoms with E-state index in [1.54, 1.807) is 0 Å². The lowest BCUT2D eigenvalue weighted by atomic mass is 9.46. The monoisotopic (exact) mass is 458 g/mol. The number of rotatable bonds is 6. The number of epoxide rings is 3. The molecule has 0 aromatic heterocycles. The molecule has 0 amide bonds. The minimum absolute atomic E-state index is 0.0482. The van der Waals surface area contributed by atoms with Gasteiger partial charge in [-0.1, -0.05) is 40.5 Å². The zero-order chi connectivity index (χ0) is 23.0. The first-order chi connectivity index (χ1) is 15.8. The Labute approximate surface area is 194 Å². The Morgan fingerprint density at radius 3 is 2.76 bits per heavy atom. The molecule has 9 atom stereocenters. The first kappa shape index (κ1) is 20.9. The molecule has 4 heterocycles. The van der Waals surface area contributed by atoms with Crippen LogP contribution in [0.15, 0.2) is 11.1 Å². The fourth-order valence-electron chi connectivity index (χ4n) is 8.55. The number of hydrogen-bond donors (Lipinski definition) is 0. The summed E-state index contributed by atoms with van der Waals surface area (Å²) in [6.45, 7) is 9.11. The molecule has 1 unspecified atom stereocenters. The summed E-state index contributed by atoms with van der Waals surface area (Å²) in [6, 6.07) is 0. The quantitative estimate of drug-likeness (QED) is 0.343. The van der Waals surface area contributed by atoms with Gasteiger partial charge in [0.1, 0.15) is 30.0 Å². The van der Waals surface area contributed by atoms with Gasteiger partial charge >= 0.3 is 11.9 Å². The second-order valence-corrected chi connectivity index (χ2v) is 11.8. The largest absolute Gasteiger partial charge is 0.458 e. The molecule has 0 bridgehead atoms. The van der Waals surface area contributed by atoms with Gasteiger partial charge in [0, 0.05) is 17.4 Å². The Hall–Kier alpha value is -1.44. The van der Waals surface area contributed by atoms with Crippen molar-refractivity contribution >= 4 is 11.9 Å². The Morgan fingerprint density at radius 1 is 1.18 bits per heavy atom. The molecule has 4 aliphatic heterocycles. The molecule has 0 N–H and O–H groups in total. The minimum Gasteiger partial charge on any atom is -0.458 e. The summed E-state index contributed by atoms with van der Waals surface area (Å²) in [5.74, 6) is 0.0588. The molecule has 0 aromatic carbocycles. The van der Waals surface area contributed by atoms with E-state index in [1.807, 2.05) is 0 Å². The highest BCUT2D eigenvalue weighted by Gasteiger charge is 3.01. The second kappa shape index (κ2) is 6.21.